The quantitative estimate of drug-likeness (QED) is 0.830. The van der Waals surface area contributed by atoms with Crippen molar-refractivity contribution in [2.45, 2.75) is 19.9 Å². The lowest BCUT2D eigenvalue weighted by Crippen LogP contribution is -2.31. The number of hydrogen-bond acceptors (Lipinski definition) is 3. The Hall–Kier alpha value is -1.97. The van der Waals surface area contributed by atoms with Crippen molar-refractivity contribution >= 4 is 16.7 Å². The van der Waals surface area contributed by atoms with Crippen molar-refractivity contribution in [3.05, 3.63) is 36.2 Å². The van der Waals surface area contributed by atoms with E-state index < -0.39 is 0 Å². The molecule has 0 radical (unpaired) electrons. The summed E-state index contributed by atoms with van der Waals surface area (Å²) >= 11 is 0. The van der Waals surface area contributed by atoms with Crippen molar-refractivity contribution < 1.29 is 4.79 Å². The molecule has 1 heterocycles. The molecule has 1 aromatic carbocycles. The maximum atomic E-state index is 11.9. The van der Waals surface area contributed by atoms with Gasteiger partial charge in [-0.2, -0.15) is 5.10 Å². The van der Waals surface area contributed by atoms with E-state index in [1.807, 2.05) is 38.1 Å². The van der Waals surface area contributed by atoms with Gasteiger partial charge in [0.05, 0.1) is 6.20 Å². The first kappa shape index (κ1) is 10.5. The number of benzene rings is 1. The van der Waals surface area contributed by atoms with Crippen LogP contribution in [0.4, 0.5) is 0 Å². The summed E-state index contributed by atoms with van der Waals surface area (Å²) in [5.74, 6) is -0.181. The first-order valence-corrected chi connectivity index (χ1v) is 5.20. The molecule has 1 N–H and O–H groups in total. The molecule has 0 unspecified atom stereocenters. The maximum Gasteiger partial charge on any atom is 0.272 e. The Bertz CT molecular complexity index is 517. The molecule has 0 spiro atoms. The van der Waals surface area contributed by atoms with E-state index in [0.717, 1.165) is 10.8 Å². The number of carbonyl (C=O) groups is 1. The second-order valence-electron chi connectivity index (χ2n) is 3.91. The van der Waals surface area contributed by atoms with Crippen LogP contribution in [0.25, 0.3) is 10.8 Å². The smallest absolute Gasteiger partial charge is 0.272 e. The third-order valence-corrected chi connectivity index (χ3v) is 2.21. The molecule has 0 fully saturated rings. The number of hydrogen-bond donors (Lipinski definition) is 1. The van der Waals surface area contributed by atoms with Crippen molar-refractivity contribution in [2.75, 3.05) is 0 Å². The molecule has 4 nitrogen and oxygen atoms in total. The van der Waals surface area contributed by atoms with Crippen LogP contribution in [0.5, 0.6) is 0 Å². The van der Waals surface area contributed by atoms with E-state index in [0.29, 0.717) is 5.69 Å². The molecule has 4 heteroatoms. The highest BCUT2D eigenvalue weighted by atomic mass is 16.2. The number of carbonyl (C=O) groups excluding carboxylic acids is 1. The fourth-order valence-electron chi connectivity index (χ4n) is 1.53. The van der Waals surface area contributed by atoms with Crippen LogP contribution in [-0.2, 0) is 0 Å². The van der Waals surface area contributed by atoms with Gasteiger partial charge in [-0.15, -0.1) is 5.10 Å². The van der Waals surface area contributed by atoms with Gasteiger partial charge in [-0.05, 0) is 13.8 Å². The fraction of sp³-hybridized carbons (Fsp3) is 0.250. The topological polar surface area (TPSA) is 54.9 Å². The average molecular weight is 215 g/mol. The Labute approximate surface area is 93.7 Å². The number of nitrogens with zero attached hydrogens (tertiary/aromatic N) is 2. The van der Waals surface area contributed by atoms with Crippen molar-refractivity contribution in [3.63, 3.8) is 0 Å². The van der Waals surface area contributed by atoms with Crippen LogP contribution in [0.3, 0.4) is 0 Å². The lowest BCUT2D eigenvalue weighted by molar-refractivity contribution is 0.0939. The van der Waals surface area contributed by atoms with E-state index in [-0.39, 0.29) is 11.9 Å². The zero-order chi connectivity index (χ0) is 11.5. The van der Waals surface area contributed by atoms with Gasteiger partial charge in [-0.1, -0.05) is 24.3 Å². The van der Waals surface area contributed by atoms with Crippen LogP contribution < -0.4 is 5.32 Å². The summed E-state index contributed by atoms with van der Waals surface area (Å²) in [7, 11) is 0. The number of amides is 1. The summed E-state index contributed by atoms with van der Waals surface area (Å²) in [6.45, 7) is 3.83. The Morgan fingerprint density at radius 2 is 2.06 bits per heavy atom. The highest BCUT2D eigenvalue weighted by Crippen LogP contribution is 2.14. The van der Waals surface area contributed by atoms with Gasteiger partial charge in [-0.25, -0.2) is 0 Å². The van der Waals surface area contributed by atoms with Gasteiger partial charge in [0.2, 0.25) is 0 Å². The van der Waals surface area contributed by atoms with Crippen molar-refractivity contribution in [1.29, 1.82) is 0 Å². The summed E-state index contributed by atoms with van der Waals surface area (Å²) in [5, 5.41) is 12.3. The van der Waals surface area contributed by atoms with Gasteiger partial charge in [-0.3, -0.25) is 4.79 Å². The number of rotatable bonds is 2. The van der Waals surface area contributed by atoms with E-state index in [4.69, 9.17) is 0 Å². The predicted molar refractivity (Wildman–Crippen MR) is 62.1 cm³/mol. The molecule has 1 aromatic heterocycles. The Balaban J connectivity index is 2.48. The Morgan fingerprint density at radius 3 is 2.81 bits per heavy atom. The Kier molecular flexibility index (Phi) is 2.81. The molecule has 0 aliphatic carbocycles. The summed E-state index contributed by atoms with van der Waals surface area (Å²) in [5.41, 5.74) is 0.381. The molecular weight excluding hydrogens is 202 g/mol. The number of fused-ring (bicyclic) bond motifs is 1. The third kappa shape index (κ3) is 2.00. The van der Waals surface area contributed by atoms with Crippen LogP contribution in [0.15, 0.2) is 30.5 Å². The first-order valence-electron chi connectivity index (χ1n) is 5.20. The molecule has 2 rings (SSSR count). The van der Waals surface area contributed by atoms with E-state index >= 15 is 0 Å². The van der Waals surface area contributed by atoms with Crippen molar-refractivity contribution in [1.82, 2.24) is 15.5 Å². The maximum absolute atomic E-state index is 11.9. The molecule has 0 aliphatic rings. The lowest BCUT2D eigenvalue weighted by atomic mass is 10.1. The van der Waals surface area contributed by atoms with E-state index in [9.17, 15) is 4.79 Å². The van der Waals surface area contributed by atoms with E-state index in [2.05, 4.69) is 15.5 Å². The normalized spacial score (nSPS) is 10.7. The van der Waals surface area contributed by atoms with Gasteiger partial charge < -0.3 is 5.32 Å². The minimum atomic E-state index is -0.181. The van der Waals surface area contributed by atoms with Crippen LogP contribution in [0.2, 0.25) is 0 Å². The Morgan fingerprint density at radius 1 is 1.31 bits per heavy atom. The summed E-state index contributed by atoms with van der Waals surface area (Å²) in [6, 6.07) is 7.67. The SMILES string of the molecule is CC(C)NC(=O)c1nncc2ccccc12. The van der Waals surface area contributed by atoms with Crippen LogP contribution in [0, 0.1) is 0 Å². The number of aromatic nitrogens is 2. The summed E-state index contributed by atoms with van der Waals surface area (Å²) < 4.78 is 0. The molecule has 0 saturated carbocycles. The van der Waals surface area contributed by atoms with Gasteiger partial charge in [0.25, 0.3) is 5.91 Å². The predicted octanol–water partition coefficient (Wildman–Crippen LogP) is 1.77. The van der Waals surface area contributed by atoms with Gasteiger partial charge in [0.1, 0.15) is 0 Å². The monoisotopic (exact) mass is 215 g/mol. The minimum Gasteiger partial charge on any atom is -0.348 e. The highest BCUT2D eigenvalue weighted by molar-refractivity contribution is 6.04. The summed E-state index contributed by atoms with van der Waals surface area (Å²) in [6.07, 6.45) is 1.65. The molecule has 0 saturated heterocycles. The van der Waals surface area contributed by atoms with E-state index in [1.54, 1.807) is 6.20 Å². The first-order chi connectivity index (χ1) is 7.68. The van der Waals surface area contributed by atoms with Crippen LogP contribution in [0.1, 0.15) is 24.3 Å². The fourth-order valence-corrected chi connectivity index (χ4v) is 1.53. The second-order valence-corrected chi connectivity index (χ2v) is 3.91. The average Bonchev–Trinajstić information content (AvgIpc) is 2.27. The zero-order valence-electron chi connectivity index (χ0n) is 9.27. The van der Waals surface area contributed by atoms with Crippen molar-refractivity contribution in [3.8, 4) is 0 Å². The van der Waals surface area contributed by atoms with Crippen LogP contribution in [-0.4, -0.2) is 22.1 Å². The van der Waals surface area contributed by atoms with Crippen LogP contribution >= 0.6 is 0 Å². The molecule has 82 valence electrons. The minimum absolute atomic E-state index is 0.0910. The molecule has 16 heavy (non-hydrogen) atoms. The molecule has 0 bridgehead atoms. The molecular formula is C12H13N3O. The lowest BCUT2D eigenvalue weighted by Gasteiger charge is -2.08. The van der Waals surface area contributed by atoms with Crippen molar-refractivity contribution in [2.24, 2.45) is 0 Å². The van der Waals surface area contributed by atoms with Gasteiger partial charge >= 0.3 is 0 Å². The van der Waals surface area contributed by atoms with Gasteiger partial charge in [0, 0.05) is 16.8 Å². The standard InChI is InChI=1S/C12H13N3O/c1-8(2)14-12(16)11-10-6-4-3-5-9(10)7-13-15-11/h3-8H,1-2H3,(H,14,16). The van der Waals surface area contributed by atoms with E-state index in [1.165, 1.54) is 0 Å². The van der Waals surface area contributed by atoms with Gasteiger partial charge in [0.15, 0.2) is 5.69 Å². The summed E-state index contributed by atoms with van der Waals surface area (Å²) in [4.78, 5) is 11.9. The number of nitrogens with one attached hydrogen (secondary N) is 1. The largest absolute Gasteiger partial charge is 0.348 e. The molecule has 1 amide bonds. The molecule has 2 aromatic rings. The molecule has 0 atom stereocenters. The molecule has 0 aliphatic heterocycles. The highest BCUT2D eigenvalue weighted by Gasteiger charge is 2.12. The second kappa shape index (κ2) is 4.26. The third-order valence-electron chi connectivity index (χ3n) is 2.21. The zero-order valence-corrected chi connectivity index (χ0v) is 9.27.